The van der Waals surface area contributed by atoms with E-state index < -0.39 is 0 Å². The van der Waals surface area contributed by atoms with Crippen LogP contribution in [0, 0.1) is 20.8 Å². The van der Waals surface area contributed by atoms with Crippen LogP contribution in [0.4, 0.5) is 23.0 Å². The topological polar surface area (TPSA) is 66.9 Å². The lowest BCUT2D eigenvalue weighted by molar-refractivity contribution is 0.101. The van der Waals surface area contributed by atoms with Gasteiger partial charge in [-0.1, -0.05) is 12.1 Å². The molecule has 26 heavy (non-hydrogen) atoms. The molecular formula is C21H22N4O. The number of nitrogens with one attached hydrogen (secondary N) is 2. The van der Waals surface area contributed by atoms with Crippen LogP contribution in [-0.2, 0) is 0 Å². The maximum atomic E-state index is 11.4. The Balaban J connectivity index is 1.83. The van der Waals surface area contributed by atoms with Crippen molar-refractivity contribution < 1.29 is 4.79 Å². The highest BCUT2D eigenvalue weighted by atomic mass is 16.1. The van der Waals surface area contributed by atoms with Crippen LogP contribution in [0.1, 0.15) is 34.2 Å². The Hall–Kier alpha value is -3.21. The third-order valence-corrected chi connectivity index (χ3v) is 4.27. The maximum Gasteiger partial charge on any atom is 0.159 e. The number of hydrogen-bond donors (Lipinski definition) is 2. The van der Waals surface area contributed by atoms with Gasteiger partial charge < -0.3 is 10.6 Å². The molecule has 0 unspecified atom stereocenters. The van der Waals surface area contributed by atoms with Crippen LogP contribution in [-0.4, -0.2) is 15.8 Å². The number of carbonyl (C=O) groups excluding carboxylic acids is 1. The van der Waals surface area contributed by atoms with E-state index in [2.05, 4.69) is 40.5 Å². The molecule has 2 aromatic carbocycles. The first-order valence-corrected chi connectivity index (χ1v) is 8.49. The van der Waals surface area contributed by atoms with E-state index in [0.717, 1.165) is 17.2 Å². The minimum Gasteiger partial charge on any atom is -0.340 e. The van der Waals surface area contributed by atoms with E-state index in [1.165, 1.54) is 11.1 Å². The number of ketones is 1. The third-order valence-electron chi connectivity index (χ3n) is 4.27. The highest BCUT2D eigenvalue weighted by Gasteiger charge is 2.06. The summed E-state index contributed by atoms with van der Waals surface area (Å²) in [5.41, 5.74) is 5.00. The minimum absolute atomic E-state index is 0.0504. The molecule has 0 aliphatic carbocycles. The molecule has 1 aromatic heterocycles. The predicted molar refractivity (Wildman–Crippen MR) is 106 cm³/mol. The quantitative estimate of drug-likeness (QED) is 0.630. The summed E-state index contributed by atoms with van der Waals surface area (Å²) in [6.07, 6.45) is 0. The van der Waals surface area contributed by atoms with Gasteiger partial charge in [-0.05, 0) is 69.2 Å². The van der Waals surface area contributed by atoms with E-state index in [0.29, 0.717) is 17.2 Å². The molecule has 0 fully saturated rings. The fourth-order valence-corrected chi connectivity index (χ4v) is 2.66. The Morgan fingerprint density at radius 2 is 1.54 bits per heavy atom. The van der Waals surface area contributed by atoms with Crippen molar-refractivity contribution >= 4 is 28.8 Å². The van der Waals surface area contributed by atoms with Gasteiger partial charge in [-0.25, -0.2) is 9.97 Å². The molecule has 0 amide bonds. The maximum absolute atomic E-state index is 11.4. The zero-order chi connectivity index (χ0) is 18.7. The van der Waals surface area contributed by atoms with Gasteiger partial charge in [-0.2, -0.15) is 0 Å². The van der Waals surface area contributed by atoms with Crippen molar-refractivity contribution in [2.45, 2.75) is 27.7 Å². The van der Waals surface area contributed by atoms with Crippen molar-refractivity contribution in [1.82, 2.24) is 9.97 Å². The van der Waals surface area contributed by atoms with Gasteiger partial charge in [0.05, 0.1) is 0 Å². The second kappa shape index (κ2) is 7.35. The normalized spacial score (nSPS) is 10.5. The summed E-state index contributed by atoms with van der Waals surface area (Å²) in [6.45, 7) is 7.59. The van der Waals surface area contributed by atoms with Crippen molar-refractivity contribution in [2.75, 3.05) is 10.6 Å². The molecule has 1 heterocycles. The largest absolute Gasteiger partial charge is 0.340 e. The van der Waals surface area contributed by atoms with Crippen molar-refractivity contribution in [3.05, 3.63) is 71.0 Å². The summed E-state index contributed by atoms with van der Waals surface area (Å²) in [7, 11) is 0. The lowest BCUT2D eigenvalue weighted by Gasteiger charge is -2.13. The summed E-state index contributed by atoms with van der Waals surface area (Å²) in [5.74, 6) is 2.15. The Morgan fingerprint density at radius 3 is 2.19 bits per heavy atom. The van der Waals surface area contributed by atoms with E-state index >= 15 is 0 Å². The molecule has 5 nitrogen and oxygen atoms in total. The summed E-state index contributed by atoms with van der Waals surface area (Å²) in [4.78, 5) is 20.3. The van der Waals surface area contributed by atoms with Crippen molar-refractivity contribution in [2.24, 2.45) is 0 Å². The van der Waals surface area contributed by atoms with Gasteiger partial charge in [-0.3, -0.25) is 4.79 Å². The Morgan fingerprint density at radius 1 is 0.885 bits per heavy atom. The zero-order valence-corrected chi connectivity index (χ0v) is 15.4. The summed E-state index contributed by atoms with van der Waals surface area (Å²) in [6, 6.07) is 15.3. The lowest BCUT2D eigenvalue weighted by atomic mass is 10.1. The van der Waals surface area contributed by atoms with Crippen molar-refractivity contribution in [3.8, 4) is 0 Å². The first-order chi connectivity index (χ1) is 12.4. The van der Waals surface area contributed by atoms with Gasteiger partial charge in [0.2, 0.25) is 0 Å². The van der Waals surface area contributed by atoms with Gasteiger partial charge in [0.1, 0.15) is 17.5 Å². The molecule has 3 rings (SSSR count). The van der Waals surface area contributed by atoms with Gasteiger partial charge in [-0.15, -0.1) is 0 Å². The first kappa shape index (κ1) is 17.6. The van der Waals surface area contributed by atoms with Gasteiger partial charge in [0, 0.05) is 23.0 Å². The SMILES string of the molecule is CC(=O)c1ccc(Nc2cc(Nc3cccc(C)c3C)nc(C)n2)cc1. The minimum atomic E-state index is 0.0504. The molecule has 132 valence electrons. The fourth-order valence-electron chi connectivity index (χ4n) is 2.66. The Labute approximate surface area is 153 Å². The van der Waals surface area contributed by atoms with E-state index in [-0.39, 0.29) is 5.78 Å². The molecule has 0 atom stereocenters. The molecule has 0 spiro atoms. The number of aryl methyl sites for hydroxylation is 2. The van der Waals surface area contributed by atoms with Crippen LogP contribution >= 0.6 is 0 Å². The summed E-state index contributed by atoms with van der Waals surface area (Å²) >= 11 is 0. The molecule has 3 aromatic rings. The molecule has 0 saturated carbocycles. The number of rotatable bonds is 5. The molecule has 2 N–H and O–H groups in total. The van der Waals surface area contributed by atoms with Gasteiger partial charge in [0.25, 0.3) is 0 Å². The van der Waals surface area contributed by atoms with Crippen LogP contribution in [0.15, 0.2) is 48.5 Å². The van der Waals surface area contributed by atoms with E-state index in [4.69, 9.17) is 0 Å². The summed E-state index contributed by atoms with van der Waals surface area (Å²) in [5, 5.41) is 6.63. The van der Waals surface area contributed by atoms with Crippen LogP contribution in [0.3, 0.4) is 0 Å². The highest BCUT2D eigenvalue weighted by Crippen LogP contribution is 2.24. The van der Waals surface area contributed by atoms with Crippen LogP contribution in [0.25, 0.3) is 0 Å². The Bertz CT molecular complexity index is 949. The van der Waals surface area contributed by atoms with Crippen molar-refractivity contribution in [1.29, 1.82) is 0 Å². The molecule has 0 aliphatic rings. The Kier molecular flexibility index (Phi) is 4.98. The van der Waals surface area contributed by atoms with E-state index in [9.17, 15) is 4.79 Å². The molecule has 0 radical (unpaired) electrons. The third kappa shape index (κ3) is 4.06. The van der Waals surface area contributed by atoms with E-state index in [1.54, 1.807) is 19.1 Å². The second-order valence-corrected chi connectivity index (χ2v) is 6.32. The first-order valence-electron chi connectivity index (χ1n) is 8.49. The fraction of sp³-hybridized carbons (Fsp3) is 0.190. The highest BCUT2D eigenvalue weighted by molar-refractivity contribution is 5.94. The second-order valence-electron chi connectivity index (χ2n) is 6.32. The molecule has 0 aliphatic heterocycles. The number of hydrogen-bond acceptors (Lipinski definition) is 5. The number of anilines is 4. The standard InChI is InChI=1S/C21H22N4O/c1-13-6-5-7-19(14(13)2)25-21-12-20(22-16(4)23-21)24-18-10-8-17(9-11-18)15(3)26/h5-12H,1-4H3,(H2,22,23,24,25). The molecule has 0 bridgehead atoms. The van der Waals surface area contributed by atoms with E-state index in [1.807, 2.05) is 37.3 Å². The predicted octanol–water partition coefficient (Wildman–Crippen LogP) is 5.09. The van der Waals surface area contributed by atoms with Crippen molar-refractivity contribution in [3.63, 3.8) is 0 Å². The average molecular weight is 346 g/mol. The average Bonchev–Trinajstić information content (AvgIpc) is 2.59. The number of nitrogens with zero attached hydrogens (tertiary/aromatic N) is 2. The van der Waals surface area contributed by atoms with Gasteiger partial charge >= 0.3 is 0 Å². The number of aromatic nitrogens is 2. The van der Waals surface area contributed by atoms with Crippen LogP contribution < -0.4 is 10.6 Å². The molecular weight excluding hydrogens is 324 g/mol. The van der Waals surface area contributed by atoms with Crippen LogP contribution in [0.5, 0.6) is 0 Å². The zero-order valence-electron chi connectivity index (χ0n) is 15.4. The molecule has 5 heteroatoms. The monoisotopic (exact) mass is 346 g/mol. The van der Waals surface area contributed by atoms with Gasteiger partial charge in [0.15, 0.2) is 5.78 Å². The lowest BCUT2D eigenvalue weighted by Crippen LogP contribution is -2.03. The number of carbonyl (C=O) groups is 1. The van der Waals surface area contributed by atoms with Crippen LogP contribution in [0.2, 0.25) is 0 Å². The summed E-state index contributed by atoms with van der Waals surface area (Å²) < 4.78 is 0. The molecule has 0 saturated heterocycles. The number of Topliss-reactive ketones (excluding diaryl/α,β-unsaturated/α-hetero) is 1. The number of benzene rings is 2. The smallest absolute Gasteiger partial charge is 0.159 e.